The number of carbonyl (C=O) groups excluding carboxylic acids is 2. The van der Waals surface area contributed by atoms with E-state index in [9.17, 15) is 19.1 Å². The van der Waals surface area contributed by atoms with Crippen LogP contribution >= 0.6 is 0 Å². The van der Waals surface area contributed by atoms with Crippen molar-refractivity contribution in [2.45, 2.75) is 26.3 Å². The highest BCUT2D eigenvalue weighted by Gasteiger charge is 2.28. The molecule has 0 saturated heterocycles. The van der Waals surface area contributed by atoms with Gasteiger partial charge in [-0.3, -0.25) is 4.79 Å². The van der Waals surface area contributed by atoms with Crippen molar-refractivity contribution in [2.75, 3.05) is 32.3 Å². The molecule has 1 aromatic heterocycles. The van der Waals surface area contributed by atoms with E-state index in [-0.39, 0.29) is 17.7 Å². The zero-order chi connectivity index (χ0) is 28.1. The summed E-state index contributed by atoms with van der Waals surface area (Å²) in [6, 6.07) is 13.9. The Balaban J connectivity index is 1.84. The van der Waals surface area contributed by atoms with Crippen LogP contribution in [0.2, 0.25) is 0 Å². The molecule has 1 unspecified atom stereocenters. The van der Waals surface area contributed by atoms with Gasteiger partial charge < -0.3 is 29.2 Å². The SMILES string of the molecule is CCCOc1ccc(-c2ccc(C(=O)OC)c(OC)c2)cc1C(=O)N(c1c[nH]c2ccc(F)cc12)C(C)CO. The molecule has 1 heterocycles. The average Bonchev–Trinajstić information content (AvgIpc) is 3.37. The third-order valence-corrected chi connectivity index (χ3v) is 6.42. The summed E-state index contributed by atoms with van der Waals surface area (Å²) in [4.78, 5) is 30.8. The molecule has 4 aromatic rings. The number of methoxy groups -OCH3 is 2. The van der Waals surface area contributed by atoms with Crippen molar-refractivity contribution < 1.29 is 33.3 Å². The van der Waals surface area contributed by atoms with Gasteiger partial charge in [0.25, 0.3) is 5.91 Å². The molecular weight excluding hydrogens is 503 g/mol. The van der Waals surface area contributed by atoms with E-state index < -0.39 is 23.7 Å². The number of rotatable bonds is 10. The van der Waals surface area contributed by atoms with Gasteiger partial charge in [-0.25, -0.2) is 9.18 Å². The molecular formula is C30H31FN2O6. The second-order valence-corrected chi connectivity index (χ2v) is 9.04. The number of nitrogens with zero attached hydrogens (tertiary/aromatic N) is 1. The lowest BCUT2D eigenvalue weighted by molar-refractivity contribution is 0.0597. The first-order valence-electron chi connectivity index (χ1n) is 12.6. The molecule has 1 atom stereocenters. The average molecular weight is 535 g/mol. The Hall–Kier alpha value is -4.37. The maximum atomic E-state index is 14.2. The maximum absolute atomic E-state index is 14.2. The van der Waals surface area contributed by atoms with Crippen LogP contribution in [0, 0.1) is 5.82 Å². The first kappa shape index (κ1) is 27.7. The minimum Gasteiger partial charge on any atom is -0.496 e. The summed E-state index contributed by atoms with van der Waals surface area (Å²) in [5.74, 6) is -0.681. The van der Waals surface area contributed by atoms with E-state index in [1.807, 2.05) is 13.0 Å². The van der Waals surface area contributed by atoms with Crippen LogP contribution in [-0.4, -0.2) is 55.4 Å². The number of amides is 1. The van der Waals surface area contributed by atoms with Gasteiger partial charge in [0.1, 0.15) is 22.9 Å². The van der Waals surface area contributed by atoms with Crippen molar-refractivity contribution in [1.29, 1.82) is 0 Å². The van der Waals surface area contributed by atoms with Crippen LogP contribution in [0.3, 0.4) is 0 Å². The van der Waals surface area contributed by atoms with E-state index in [1.54, 1.807) is 49.5 Å². The summed E-state index contributed by atoms with van der Waals surface area (Å²) in [6.07, 6.45) is 2.36. The number of hydrogen-bond donors (Lipinski definition) is 2. The Morgan fingerprint density at radius 2 is 1.74 bits per heavy atom. The highest BCUT2D eigenvalue weighted by molar-refractivity contribution is 6.12. The van der Waals surface area contributed by atoms with E-state index in [0.717, 1.165) is 6.42 Å². The number of aromatic nitrogens is 1. The third-order valence-electron chi connectivity index (χ3n) is 6.42. The number of benzene rings is 3. The zero-order valence-electron chi connectivity index (χ0n) is 22.3. The van der Waals surface area contributed by atoms with Crippen molar-refractivity contribution in [3.05, 3.63) is 77.7 Å². The fraction of sp³-hybridized carbons (Fsp3) is 0.267. The monoisotopic (exact) mass is 534 g/mol. The summed E-state index contributed by atoms with van der Waals surface area (Å²) < 4.78 is 30.3. The van der Waals surface area contributed by atoms with E-state index >= 15 is 0 Å². The van der Waals surface area contributed by atoms with Gasteiger partial charge in [-0.2, -0.15) is 0 Å². The number of aliphatic hydroxyl groups is 1. The van der Waals surface area contributed by atoms with Gasteiger partial charge in [0.15, 0.2) is 0 Å². The number of aromatic amines is 1. The third kappa shape index (κ3) is 5.58. The number of hydrogen-bond acceptors (Lipinski definition) is 6. The summed E-state index contributed by atoms with van der Waals surface area (Å²) in [6.45, 7) is 3.76. The van der Waals surface area contributed by atoms with Crippen LogP contribution in [0.25, 0.3) is 22.0 Å². The molecule has 0 fully saturated rings. The first-order chi connectivity index (χ1) is 18.8. The Morgan fingerprint density at radius 1 is 1.00 bits per heavy atom. The van der Waals surface area contributed by atoms with Gasteiger partial charge in [0, 0.05) is 17.1 Å². The van der Waals surface area contributed by atoms with Crippen molar-refractivity contribution in [1.82, 2.24) is 4.98 Å². The summed E-state index contributed by atoms with van der Waals surface area (Å²) in [7, 11) is 2.75. The van der Waals surface area contributed by atoms with Gasteiger partial charge in [0.2, 0.25) is 0 Å². The number of esters is 1. The van der Waals surface area contributed by atoms with Gasteiger partial charge in [-0.05, 0) is 66.9 Å². The Labute approximate surface area is 225 Å². The molecule has 39 heavy (non-hydrogen) atoms. The molecule has 0 bridgehead atoms. The fourth-order valence-electron chi connectivity index (χ4n) is 4.40. The molecule has 1 amide bonds. The lowest BCUT2D eigenvalue weighted by Gasteiger charge is -2.28. The standard InChI is InChI=1S/C30H31FN2O6/c1-5-12-39-27-11-7-19(20-6-9-22(30(36)38-4)28(14-20)37-3)13-24(27)29(35)33(18(2)17-34)26-16-32-25-10-8-21(31)15-23(25)26/h6-11,13-16,18,32,34H,5,12,17H2,1-4H3. The van der Waals surface area contributed by atoms with Crippen LogP contribution in [0.15, 0.2) is 60.8 Å². The Kier molecular flexibility index (Phi) is 8.51. The molecule has 0 saturated carbocycles. The molecule has 9 heteroatoms. The molecule has 3 aromatic carbocycles. The number of ether oxygens (including phenoxy) is 3. The first-order valence-corrected chi connectivity index (χ1v) is 12.6. The molecule has 8 nitrogen and oxygen atoms in total. The van der Waals surface area contributed by atoms with Gasteiger partial charge in [0.05, 0.1) is 44.7 Å². The number of nitrogens with one attached hydrogen (secondary N) is 1. The molecule has 0 spiro atoms. The second-order valence-electron chi connectivity index (χ2n) is 9.04. The quantitative estimate of drug-likeness (QED) is 0.258. The normalized spacial score (nSPS) is 11.7. The number of carbonyl (C=O) groups is 2. The largest absolute Gasteiger partial charge is 0.496 e. The number of anilines is 1. The van der Waals surface area contributed by atoms with Crippen LogP contribution in [0.1, 0.15) is 41.0 Å². The summed E-state index contributed by atoms with van der Waals surface area (Å²) in [5, 5.41) is 10.6. The molecule has 2 N–H and O–H groups in total. The second kappa shape index (κ2) is 12.0. The fourth-order valence-corrected chi connectivity index (χ4v) is 4.40. The predicted molar refractivity (Wildman–Crippen MR) is 147 cm³/mol. The molecule has 204 valence electrons. The molecule has 0 aliphatic rings. The topological polar surface area (TPSA) is 101 Å². The van der Waals surface area contributed by atoms with Gasteiger partial charge in [-0.15, -0.1) is 0 Å². The number of halogens is 1. The van der Waals surface area contributed by atoms with E-state index in [0.29, 0.717) is 45.8 Å². The van der Waals surface area contributed by atoms with Crippen LogP contribution in [0.5, 0.6) is 11.5 Å². The van der Waals surface area contributed by atoms with Crippen LogP contribution < -0.4 is 14.4 Å². The lowest BCUT2D eigenvalue weighted by Crippen LogP contribution is -2.41. The number of fused-ring (bicyclic) bond motifs is 1. The highest BCUT2D eigenvalue weighted by Crippen LogP contribution is 2.35. The van der Waals surface area contributed by atoms with Crippen molar-refractivity contribution in [2.24, 2.45) is 0 Å². The Bertz CT molecular complexity index is 1500. The van der Waals surface area contributed by atoms with E-state index in [2.05, 4.69) is 4.98 Å². The van der Waals surface area contributed by atoms with Crippen molar-refractivity contribution in [3.8, 4) is 22.6 Å². The molecule has 4 rings (SSSR count). The smallest absolute Gasteiger partial charge is 0.341 e. The summed E-state index contributed by atoms with van der Waals surface area (Å²) >= 11 is 0. The van der Waals surface area contributed by atoms with Crippen molar-refractivity contribution in [3.63, 3.8) is 0 Å². The summed E-state index contributed by atoms with van der Waals surface area (Å²) in [5.41, 5.74) is 3.01. The maximum Gasteiger partial charge on any atom is 0.341 e. The zero-order valence-corrected chi connectivity index (χ0v) is 22.3. The van der Waals surface area contributed by atoms with Crippen LogP contribution in [0.4, 0.5) is 10.1 Å². The minimum absolute atomic E-state index is 0.267. The van der Waals surface area contributed by atoms with Gasteiger partial charge in [-0.1, -0.05) is 19.1 Å². The molecule has 0 aliphatic heterocycles. The highest BCUT2D eigenvalue weighted by atomic mass is 19.1. The van der Waals surface area contributed by atoms with E-state index in [4.69, 9.17) is 14.2 Å². The predicted octanol–water partition coefficient (Wildman–Crippen LogP) is 5.59. The number of H-pyrrole nitrogens is 1. The van der Waals surface area contributed by atoms with E-state index in [1.165, 1.54) is 31.3 Å². The molecule has 0 aliphatic carbocycles. The molecule has 0 radical (unpaired) electrons. The Morgan fingerprint density at radius 3 is 2.44 bits per heavy atom. The van der Waals surface area contributed by atoms with Crippen LogP contribution in [-0.2, 0) is 4.74 Å². The van der Waals surface area contributed by atoms with Gasteiger partial charge >= 0.3 is 5.97 Å². The minimum atomic E-state index is -0.623. The van der Waals surface area contributed by atoms with Crippen molar-refractivity contribution >= 4 is 28.5 Å². The lowest BCUT2D eigenvalue weighted by atomic mass is 9.99. The number of aliphatic hydroxyl groups excluding tert-OH is 1.